The topological polar surface area (TPSA) is 89.5 Å². The smallest absolute Gasteiger partial charge is 0.378 e. The van der Waals surface area contributed by atoms with Crippen LogP contribution in [0.3, 0.4) is 0 Å². The predicted molar refractivity (Wildman–Crippen MR) is 130 cm³/mol. The van der Waals surface area contributed by atoms with Gasteiger partial charge in [0, 0.05) is 25.8 Å². The van der Waals surface area contributed by atoms with Gasteiger partial charge in [0.05, 0.1) is 30.7 Å². The fourth-order valence-electron chi connectivity index (χ4n) is 4.62. The van der Waals surface area contributed by atoms with E-state index in [0.29, 0.717) is 12.5 Å². The van der Waals surface area contributed by atoms with Crippen LogP contribution in [0.15, 0.2) is 48.9 Å². The molecule has 0 bridgehead atoms. The number of nitrogens with two attached hydrogens (primary N) is 1. The fourth-order valence-corrected chi connectivity index (χ4v) is 4.62. The minimum absolute atomic E-state index is 0.243. The number of aromatic nitrogens is 3. The van der Waals surface area contributed by atoms with Crippen molar-refractivity contribution in [3.05, 3.63) is 54.5 Å². The molecule has 0 aliphatic carbocycles. The van der Waals surface area contributed by atoms with E-state index in [0.717, 1.165) is 87.8 Å². The largest absolute Gasteiger partial charge is 0.416 e. The Morgan fingerprint density at radius 2 is 1.72 bits per heavy atom. The number of carbonyl (C=O) groups excluding carboxylic acids is 1. The van der Waals surface area contributed by atoms with Gasteiger partial charge in [-0.15, -0.1) is 0 Å². The summed E-state index contributed by atoms with van der Waals surface area (Å²) in [5.74, 6) is 1.36. The summed E-state index contributed by atoms with van der Waals surface area (Å²) in [6.07, 6.45) is 1.74. The van der Waals surface area contributed by atoms with Crippen LogP contribution in [0.2, 0.25) is 0 Å². The Morgan fingerprint density at radius 3 is 2.33 bits per heavy atom. The molecule has 2 saturated heterocycles. The van der Waals surface area contributed by atoms with Gasteiger partial charge in [0.15, 0.2) is 0 Å². The molecule has 0 spiro atoms. The second kappa shape index (κ2) is 11.7. The molecular weight excluding hydrogens is 473 g/mol. The van der Waals surface area contributed by atoms with Crippen LogP contribution in [-0.4, -0.2) is 71.3 Å². The number of primary amides is 1. The summed E-state index contributed by atoms with van der Waals surface area (Å²) < 4.78 is 43.1. The van der Waals surface area contributed by atoms with Crippen molar-refractivity contribution in [3.8, 4) is 0 Å². The highest BCUT2D eigenvalue weighted by atomic mass is 19.4. The molecule has 11 heteroatoms. The average molecular weight is 505 g/mol. The Hall–Kier alpha value is -3.18. The zero-order chi connectivity index (χ0) is 25.5. The number of anilines is 1. The van der Waals surface area contributed by atoms with Crippen molar-refractivity contribution in [2.24, 2.45) is 11.7 Å². The average Bonchev–Trinajstić information content (AvgIpc) is 3.29. The summed E-state index contributed by atoms with van der Waals surface area (Å²) in [5, 5.41) is 1.11. The van der Waals surface area contributed by atoms with E-state index in [1.165, 1.54) is 12.1 Å². The van der Waals surface area contributed by atoms with Crippen molar-refractivity contribution in [1.29, 1.82) is 0 Å². The molecule has 1 aromatic carbocycles. The number of benzene rings is 1. The predicted octanol–water partition coefficient (Wildman–Crippen LogP) is 3.17. The van der Waals surface area contributed by atoms with Crippen LogP contribution < -0.4 is 10.6 Å². The van der Waals surface area contributed by atoms with Gasteiger partial charge >= 0.3 is 6.18 Å². The van der Waals surface area contributed by atoms with Crippen molar-refractivity contribution in [3.63, 3.8) is 0 Å². The number of piperidine rings is 1. The Morgan fingerprint density at radius 1 is 1.03 bits per heavy atom. The van der Waals surface area contributed by atoms with Crippen molar-refractivity contribution in [1.82, 2.24) is 19.4 Å². The minimum atomic E-state index is -4.21. The highest BCUT2D eigenvalue weighted by molar-refractivity contribution is 5.87. The van der Waals surface area contributed by atoms with Gasteiger partial charge in [-0.25, -0.2) is 9.97 Å². The van der Waals surface area contributed by atoms with Gasteiger partial charge in [-0.2, -0.15) is 13.2 Å². The summed E-state index contributed by atoms with van der Waals surface area (Å²) in [5.41, 5.74) is 5.69. The van der Waals surface area contributed by atoms with Crippen LogP contribution in [0.5, 0.6) is 0 Å². The van der Waals surface area contributed by atoms with E-state index < -0.39 is 11.7 Å². The van der Waals surface area contributed by atoms with Crippen LogP contribution in [0, 0.1) is 5.92 Å². The highest BCUT2D eigenvalue weighted by Crippen LogP contribution is 2.28. The third kappa shape index (κ3) is 6.73. The van der Waals surface area contributed by atoms with Gasteiger partial charge in [0.2, 0.25) is 5.91 Å². The molecule has 8 nitrogen and oxygen atoms in total. The Balaban J connectivity index is 0.000000256. The molecule has 2 fully saturated rings. The Labute approximate surface area is 207 Å². The number of amides is 1. The number of ether oxygens (including phenoxy) is 1. The zero-order valence-electron chi connectivity index (χ0n) is 20.0. The van der Waals surface area contributed by atoms with Crippen molar-refractivity contribution >= 4 is 22.8 Å². The number of alkyl halides is 3. The van der Waals surface area contributed by atoms with E-state index in [4.69, 9.17) is 10.5 Å². The van der Waals surface area contributed by atoms with Crippen LogP contribution in [0.25, 0.3) is 11.0 Å². The lowest BCUT2D eigenvalue weighted by Crippen LogP contribution is -2.40. The first kappa shape index (κ1) is 25.9. The van der Waals surface area contributed by atoms with Crippen LogP contribution in [0.4, 0.5) is 19.0 Å². The molecule has 2 aromatic heterocycles. The molecule has 2 N–H and O–H groups in total. The maximum absolute atomic E-state index is 11.8. The number of hydrogen-bond acceptors (Lipinski definition) is 6. The lowest BCUT2D eigenvalue weighted by atomic mass is 9.96. The van der Waals surface area contributed by atoms with Gasteiger partial charge in [0.1, 0.15) is 17.8 Å². The fraction of sp³-hybridized carbons (Fsp3) is 0.480. The van der Waals surface area contributed by atoms with Crippen LogP contribution in [0.1, 0.15) is 18.4 Å². The van der Waals surface area contributed by atoms with E-state index in [2.05, 4.69) is 36.6 Å². The lowest BCUT2D eigenvalue weighted by molar-refractivity contribution is -0.137. The number of halogens is 3. The molecule has 194 valence electrons. The van der Waals surface area contributed by atoms with Crippen molar-refractivity contribution < 1.29 is 22.7 Å². The second-order valence-corrected chi connectivity index (χ2v) is 9.05. The quantitative estimate of drug-likeness (QED) is 0.574. The normalized spacial score (nSPS) is 17.6. The third-order valence-electron chi connectivity index (χ3n) is 6.49. The van der Waals surface area contributed by atoms with E-state index in [1.54, 1.807) is 12.4 Å². The number of hydrogen-bond donors (Lipinski definition) is 1. The molecule has 5 rings (SSSR count). The molecule has 2 aliphatic rings. The summed E-state index contributed by atoms with van der Waals surface area (Å²) in [4.78, 5) is 24.5. The molecular formula is C25H31F3N6O2. The molecule has 3 aromatic rings. The van der Waals surface area contributed by atoms with Gasteiger partial charge < -0.3 is 19.9 Å². The molecule has 1 amide bonds. The van der Waals surface area contributed by atoms with Gasteiger partial charge in [0.25, 0.3) is 0 Å². The highest BCUT2D eigenvalue weighted by Gasteiger charge is 2.29. The van der Waals surface area contributed by atoms with E-state index in [-0.39, 0.29) is 5.91 Å². The Kier molecular flexibility index (Phi) is 8.42. The van der Waals surface area contributed by atoms with E-state index >= 15 is 0 Å². The molecule has 0 unspecified atom stereocenters. The molecule has 0 radical (unpaired) electrons. The third-order valence-corrected chi connectivity index (χ3v) is 6.49. The van der Waals surface area contributed by atoms with Gasteiger partial charge in [-0.05, 0) is 37.9 Å². The number of likely N-dealkylation sites (tertiary alicyclic amines) is 1. The number of rotatable bonds is 5. The first-order valence-electron chi connectivity index (χ1n) is 12.1. The number of carbonyl (C=O) groups is 1. The second-order valence-electron chi connectivity index (χ2n) is 9.05. The molecule has 4 heterocycles. The van der Waals surface area contributed by atoms with Gasteiger partial charge in [-0.1, -0.05) is 30.3 Å². The van der Waals surface area contributed by atoms with Crippen molar-refractivity contribution in [2.45, 2.75) is 25.6 Å². The standard InChI is InChI=1S/C18H26N6O2.C7H5F3/c19-16(25)12-22-4-1-14(2-5-22)11-24-6-3-15-17(20-13-21-18(15)24)23-7-9-26-10-8-23;8-7(9,10)6-4-2-1-3-5-6/h3,6,13-14H,1-2,4-5,7-12H2,(H2,19,25);1-5H. The van der Waals surface area contributed by atoms with E-state index in [1.807, 2.05) is 0 Å². The maximum Gasteiger partial charge on any atom is 0.416 e. The van der Waals surface area contributed by atoms with E-state index in [9.17, 15) is 18.0 Å². The summed E-state index contributed by atoms with van der Waals surface area (Å²) in [7, 11) is 0. The molecule has 36 heavy (non-hydrogen) atoms. The first-order valence-corrected chi connectivity index (χ1v) is 12.1. The van der Waals surface area contributed by atoms with Crippen LogP contribution >= 0.6 is 0 Å². The first-order chi connectivity index (χ1) is 17.3. The van der Waals surface area contributed by atoms with Crippen molar-refractivity contribution in [2.75, 3.05) is 50.8 Å². The molecule has 0 saturated carbocycles. The lowest BCUT2D eigenvalue weighted by Gasteiger charge is -2.31. The number of nitrogens with zero attached hydrogens (tertiary/aromatic N) is 5. The summed E-state index contributed by atoms with van der Waals surface area (Å²) in [6, 6.07) is 8.49. The maximum atomic E-state index is 11.8. The minimum Gasteiger partial charge on any atom is -0.378 e. The van der Waals surface area contributed by atoms with Gasteiger partial charge in [-0.3, -0.25) is 9.69 Å². The Bertz CT molecular complexity index is 1120. The summed E-state index contributed by atoms with van der Waals surface area (Å²) >= 11 is 0. The zero-order valence-corrected chi connectivity index (χ0v) is 20.0. The summed E-state index contributed by atoms with van der Waals surface area (Å²) in [6.45, 7) is 6.42. The van der Waals surface area contributed by atoms with Crippen LogP contribution in [-0.2, 0) is 22.3 Å². The monoisotopic (exact) mass is 504 g/mol. The number of fused-ring (bicyclic) bond motifs is 1. The molecule has 0 atom stereocenters. The molecule has 2 aliphatic heterocycles. The number of morpholine rings is 1. The SMILES string of the molecule is FC(F)(F)c1ccccc1.NC(=O)CN1CCC(Cn2ccc3c(N4CCOCC4)ncnc32)CC1.